The van der Waals surface area contributed by atoms with Crippen molar-refractivity contribution in [2.45, 2.75) is 23.8 Å². The van der Waals surface area contributed by atoms with Crippen LogP contribution >= 0.6 is 11.6 Å². The maximum absolute atomic E-state index is 13.1. The topological polar surface area (TPSA) is 92.8 Å². The fraction of sp³-hybridized carbons (Fsp3) is 0.263. The van der Waals surface area contributed by atoms with E-state index in [0.717, 1.165) is 10.4 Å². The molecule has 1 heterocycles. The second-order valence-corrected chi connectivity index (χ2v) is 8.72. The molecule has 1 N–H and O–H groups in total. The first-order valence-corrected chi connectivity index (χ1v) is 10.6. The monoisotopic (exact) mass is 440 g/mol. The van der Waals surface area contributed by atoms with Gasteiger partial charge in [-0.3, -0.25) is 9.59 Å². The third-order valence-electron chi connectivity index (χ3n) is 4.35. The summed E-state index contributed by atoms with van der Waals surface area (Å²) in [5, 5.41) is 2.79. The van der Waals surface area contributed by atoms with Crippen LogP contribution in [0, 0.1) is 5.82 Å². The number of carbonyl (C=O) groups excluding carboxylic acids is 2. The molecule has 29 heavy (non-hydrogen) atoms. The highest BCUT2D eigenvalue weighted by Gasteiger charge is 2.40. The first-order chi connectivity index (χ1) is 13.8. The summed E-state index contributed by atoms with van der Waals surface area (Å²) in [7, 11) is -3.91. The number of amides is 1. The Morgan fingerprint density at radius 2 is 1.93 bits per heavy atom. The van der Waals surface area contributed by atoms with Crippen molar-refractivity contribution in [3.05, 3.63) is 59.4 Å². The average molecular weight is 441 g/mol. The van der Waals surface area contributed by atoms with Crippen molar-refractivity contribution in [2.24, 2.45) is 0 Å². The third-order valence-corrected chi connectivity index (χ3v) is 6.52. The van der Waals surface area contributed by atoms with E-state index in [2.05, 4.69) is 5.32 Å². The molecule has 0 radical (unpaired) electrons. The van der Waals surface area contributed by atoms with Crippen LogP contribution < -0.4 is 5.32 Å². The van der Waals surface area contributed by atoms with E-state index in [1.807, 2.05) is 0 Å². The van der Waals surface area contributed by atoms with Crippen LogP contribution in [-0.4, -0.2) is 43.8 Å². The van der Waals surface area contributed by atoms with Gasteiger partial charge in [0, 0.05) is 17.3 Å². The number of nitrogens with one attached hydrogen (secondary N) is 1. The van der Waals surface area contributed by atoms with Crippen molar-refractivity contribution in [3.63, 3.8) is 0 Å². The van der Waals surface area contributed by atoms with Gasteiger partial charge in [0.25, 0.3) is 5.91 Å². The van der Waals surface area contributed by atoms with Crippen molar-refractivity contribution in [1.82, 2.24) is 4.31 Å². The van der Waals surface area contributed by atoms with Gasteiger partial charge >= 0.3 is 5.97 Å². The number of sulfonamides is 1. The van der Waals surface area contributed by atoms with Crippen LogP contribution in [0.1, 0.15) is 12.8 Å². The summed E-state index contributed by atoms with van der Waals surface area (Å²) in [5.74, 6) is -1.99. The lowest BCUT2D eigenvalue weighted by Crippen LogP contribution is -2.42. The first-order valence-electron chi connectivity index (χ1n) is 8.77. The zero-order valence-electron chi connectivity index (χ0n) is 15.2. The van der Waals surface area contributed by atoms with Crippen LogP contribution in [-0.2, 0) is 24.3 Å². The van der Waals surface area contributed by atoms with E-state index in [1.165, 1.54) is 42.5 Å². The van der Waals surface area contributed by atoms with Crippen molar-refractivity contribution in [2.75, 3.05) is 18.5 Å². The first kappa shape index (κ1) is 21.2. The van der Waals surface area contributed by atoms with E-state index >= 15 is 0 Å². The summed E-state index contributed by atoms with van der Waals surface area (Å²) in [6.07, 6.45) is 0.777. The largest absolute Gasteiger partial charge is 0.454 e. The summed E-state index contributed by atoms with van der Waals surface area (Å²) in [6.45, 7) is -0.444. The second kappa shape index (κ2) is 8.89. The molecule has 1 fully saturated rings. The highest BCUT2D eigenvalue weighted by Crippen LogP contribution is 2.27. The zero-order valence-corrected chi connectivity index (χ0v) is 16.7. The van der Waals surface area contributed by atoms with E-state index in [-0.39, 0.29) is 23.5 Å². The van der Waals surface area contributed by atoms with Crippen LogP contribution in [0.25, 0.3) is 0 Å². The Morgan fingerprint density at radius 1 is 1.21 bits per heavy atom. The van der Waals surface area contributed by atoms with Crippen molar-refractivity contribution in [1.29, 1.82) is 0 Å². The summed E-state index contributed by atoms with van der Waals surface area (Å²) < 4.78 is 44.9. The van der Waals surface area contributed by atoms with Crippen molar-refractivity contribution in [3.8, 4) is 0 Å². The highest BCUT2D eigenvalue weighted by molar-refractivity contribution is 7.89. The number of benzene rings is 2. The number of rotatable bonds is 6. The van der Waals surface area contributed by atoms with E-state index in [4.69, 9.17) is 16.3 Å². The molecular formula is C19H18ClFN2O5S. The summed E-state index contributed by atoms with van der Waals surface area (Å²) >= 11 is 5.80. The molecule has 7 nitrogen and oxygen atoms in total. The third kappa shape index (κ3) is 5.11. The predicted octanol–water partition coefficient (Wildman–Crippen LogP) is 2.81. The molecule has 154 valence electrons. The number of hydrogen-bond donors (Lipinski definition) is 1. The van der Waals surface area contributed by atoms with Crippen LogP contribution in [0.3, 0.4) is 0 Å². The van der Waals surface area contributed by atoms with Gasteiger partial charge in [-0.25, -0.2) is 12.8 Å². The summed E-state index contributed by atoms with van der Waals surface area (Å²) in [5.41, 5.74) is 0.221. The fourth-order valence-corrected chi connectivity index (χ4v) is 4.77. The van der Waals surface area contributed by atoms with Crippen LogP contribution in [0.5, 0.6) is 0 Å². The number of ether oxygens (including phenoxy) is 1. The van der Waals surface area contributed by atoms with Crippen molar-refractivity contribution < 1.29 is 27.1 Å². The number of anilines is 1. The van der Waals surface area contributed by atoms with Gasteiger partial charge in [0.2, 0.25) is 10.0 Å². The number of esters is 1. The van der Waals surface area contributed by atoms with Crippen molar-refractivity contribution >= 4 is 39.2 Å². The van der Waals surface area contributed by atoms with Gasteiger partial charge in [0.05, 0.1) is 4.90 Å². The second-order valence-electron chi connectivity index (χ2n) is 6.39. The Hall–Kier alpha value is -2.49. The molecule has 0 bridgehead atoms. The van der Waals surface area contributed by atoms with Gasteiger partial charge in [-0.15, -0.1) is 0 Å². The van der Waals surface area contributed by atoms with Gasteiger partial charge in [0.1, 0.15) is 11.9 Å². The Morgan fingerprint density at radius 3 is 2.62 bits per heavy atom. The standard InChI is InChI=1S/C19H18ClFN2O5S/c20-13-6-8-16(9-7-13)29(26,27)23-10-2-5-17(23)19(25)28-12-18(24)22-15-4-1-3-14(21)11-15/h1,3-4,6-9,11,17H,2,5,10,12H2,(H,22,24)/t17-/m0/s1. The minimum absolute atomic E-state index is 0.0189. The molecule has 1 aliphatic rings. The summed E-state index contributed by atoms with van der Waals surface area (Å²) in [4.78, 5) is 24.3. The molecule has 1 atom stereocenters. The lowest BCUT2D eigenvalue weighted by molar-refractivity contribution is -0.150. The predicted molar refractivity (Wildman–Crippen MR) is 104 cm³/mol. The number of carbonyl (C=O) groups is 2. The lowest BCUT2D eigenvalue weighted by Gasteiger charge is -2.22. The molecule has 3 rings (SSSR count). The SMILES string of the molecule is O=C(COC(=O)[C@@H]1CCCN1S(=O)(=O)c1ccc(Cl)cc1)Nc1cccc(F)c1. The molecule has 0 aliphatic carbocycles. The van der Waals surface area contributed by atoms with Gasteiger partial charge in [0.15, 0.2) is 6.61 Å². The Bertz CT molecular complexity index is 1010. The molecule has 1 aliphatic heterocycles. The van der Waals surface area contributed by atoms with Gasteiger partial charge in [-0.1, -0.05) is 17.7 Å². The van der Waals surface area contributed by atoms with Crippen LogP contribution in [0.15, 0.2) is 53.4 Å². The van der Waals surface area contributed by atoms with Gasteiger partial charge in [-0.05, 0) is 55.3 Å². The normalized spacial score (nSPS) is 17.1. The maximum Gasteiger partial charge on any atom is 0.324 e. The van der Waals surface area contributed by atoms with Gasteiger partial charge in [-0.2, -0.15) is 4.31 Å². The molecular weight excluding hydrogens is 423 g/mol. The van der Waals surface area contributed by atoms with Crippen LogP contribution in [0.2, 0.25) is 5.02 Å². The Labute approximate surface area is 172 Å². The molecule has 1 amide bonds. The molecule has 1 saturated heterocycles. The Kier molecular flexibility index (Phi) is 6.51. The fourth-order valence-electron chi connectivity index (χ4n) is 3.00. The number of nitrogens with zero attached hydrogens (tertiary/aromatic N) is 1. The number of hydrogen-bond acceptors (Lipinski definition) is 5. The van der Waals surface area contributed by atoms with E-state index in [9.17, 15) is 22.4 Å². The minimum Gasteiger partial charge on any atom is -0.454 e. The molecule has 0 saturated carbocycles. The highest BCUT2D eigenvalue weighted by atomic mass is 35.5. The Balaban J connectivity index is 1.62. The van der Waals surface area contributed by atoms with E-state index in [1.54, 1.807) is 0 Å². The number of halogens is 2. The minimum atomic E-state index is -3.91. The smallest absolute Gasteiger partial charge is 0.324 e. The van der Waals surface area contributed by atoms with Crippen LogP contribution in [0.4, 0.5) is 10.1 Å². The summed E-state index contributed by atoms with van der Waals surface area (Å²) in [6, 6.07) is 9.88. The zero-order chi connectivity index (χ0) is 21.0. The quantitative estimate of drug-likeness (QED) is 0.697. The molecule has 0 spiro atoms. The maximum atomic E-state index is 13.1. The lowest BCUT2D eigenvalue weighted by atomic mass is 10.2. The van der Waals surface area contributed by atoms with Gasteiger partial charge < -0.3 is 10.1 Å². The van der Waals surface area contributed by atoms with E-state index in [0.29, 0.717) is 11.4 Å². The molecule has 2 aromatic carbocycles. The molecule has 2 aromatic rings. The average Bonchev–Trinajstić information content (AvgIpc) is 3.17. The molecule has 0 unspecified atom stereocenters. The molecule has 10 heteroatoms. The van der Waals surface area contributed by atoms with E-state index < -0.39 is 40.4 Å². The molecule has 0 aromatic heterocycles.